The summed E-state index contributed by atoms with van der Waals surface area (Å²) in [6.07, 6.45) is 4.04. The third-order valence-electron chi connectivity index (χ3n) is 4.67. The van der Waals surface area contributed by atoms with Crippen molar-refractivity contribution >= 4 is 0 Å². The van der Waals surface area contributed by atoms with Gasteiger partial charge in [-0.1, -0.05) is 13.8 Å². The van der Waals surface area contributed by atoms with Gasteiger partial charge < -0.3 is 9.73 Å². The van der Waals surface area contributed by atoms with Gasteiger partial charge in [0, 0.05) is 18.6 Å². The van der Waals surface area contributed by atoms with E-state index in [0.717, 1.165) is 30.7 Å². The van der Waals surface area contributed by atoms with Crippen LogP contribution in [0.3, 0.4) is 0 Å². The number of hydrogen-bond acceptors (Lipinski definition) is 4. The topological polar surface area (TPSA) is 31.6 Å². The summed E-state index contributed by atoms with van der Waals surface area (Å²) in [5.74, 6) is 2.16. The minimum Gasteiger partial charge on any atom is -0.463 e. The number of furan rings is 1. The van der Waals surface area contributed by atoms with E-state index >= 15 is 0 Å². The molecule has 2 aliphatic heterocycles. The lowest BCUT2D eigenvalue weighted by Gasteiger charge is -2.24. The van der Waals surface area contributed by atoms with E-state index in [0.29, 0.717) is 6.04 Å². The summed E-state index contributed by atoms with van der Waals surface area (Å²) in [6.45, 7) is 11.1. The fraction of sp³-hybridized carbons (Fsp3) is 0.765. The van der Waals surface area contributed by atoms with E-state index in [2.05, 4.69) is 41.1 Å². The first-order valence-corrected chi connectivity index (χ1v) is 8.48. The van der Waals surface area contributed by atoms with Crippen LogP contribution in [0.25, 0.3) is 0 Å². The van der Waals surface area contributed by atoms with Crippen LogP contribution in [0.4, 0.5) is 0 Å². The second-order valence-corrected chi connectivity index (χ2v) is 6.82. The lowest BCUT2D eigenvalue weighted by molar-refractivity contribution is 0.204. The Bertz CT molecular complexity index is 443. The lowest BCUT2D eigenvalue weighted by Crippen LogP contribution is -2.36. The van der Waals surface area contributed by atoms with Crippen molar-refractivity contribution in [2.24, 2.45) is 0 Å². The maximum absolute atomic E-state index is 5.97. The smallest absolute Gasteiger partial charge is 0.118 e. The monoisotopic (exact) mass is 291 g/mol. The van der Waals surface area contributed by atoms with E-state index in [4.69, 9.17) is 4.42 Å². The van der Waals surface area contributed by atoms with Crippen LogP contribution >= 0.6 is 0 Å². The average molecular weight is 291 g/mol. The molecule has 1 unspecified atom stereocenters. The highest BCUT2D eigenvalue weighted by Crippen LogP contribution is 2.22. The van der Waals surface area contributed by atoms with Crippen molar-refractivity contribution in [2.75, 3.05) is 26.2 Å². The first-order valence-electron chi connectivity index (χ1n) is 8.48. The zero-order chi connectivity index (χ0) is 14.7. The summed E-state index contributed by atoms with van der Waals surface area (Å²) < 4.78 is 5.97. The van der Waals surface area contributed by atoms with Gasteiger partial charge in [-0.25, -0.2) is 0 Å². The van der Waals surface area contributed by atoms with Gasteiger partial charge in [0.15, 0.2) is 0 Å². The highest BCUT2D eigenvalue weighted by Gasteiger charge is 2.28. The molecule has 0 aliphatic carbocycles. The molecule has 4 nitrogen and oxygen atoms in total. The Morgan fingerprint density at radius 1 is 1.19 bits per heavy atom. The van der Waals surface area contributed by atoms with E-state index in [1.807, 2.05) is 0 Å². The first-order chi connectivity index (χ1) is 10.2. The Labute approximate surface area is 128 Å². The van der Waals surface area contributed by atoms with Gasteiger partial charge in [0.25, 0.3) is 0 Å². The molecule has 1 aromatic heterocycles. The molecule has 3 rings (SSSR count). The summed E-state index contributed by atoms with van der Waals surface area (Å²) in [5, 5.41) is 3.40. The molecule has 0 aromatic carbocycles. The molecule has 0 amide bonds. The van der Waals surface area contributed by atoms with Crippen LogP contribution in [0.1, 0.15) is 44.6 Å². The van der Waals surface area contributed by atoms with E-state index in [1.54, 1.807) is 0 Å². The van der Waals surface area contributed by atoms with Crippen molar-refractivity contribution in [3.8, 4) is 0 Å². The van der Waals surface area contributed by atoms with Gasteiger partial charge in [0.05, 0.1) is 13.1 Å². The van der Waals surface area contributed by atoms with Gasteiger partial charge in [0.2, 0.25) is 0 Å². The number of nitrogens with one attached hydrogen (secondary N) is 1. The molecule has 118 valence electrons. The molecular weight excluding hydrogens is 262 g/mol. The summed E-state index contributed by atoms with van der Waals surface area (Å²) >= 11 is 0. The quantitative estimate of drug-likeness (QED) is 0.903. The van der Waals surface area contributed by atoms with Crippen LogP contribution < -0.4 is 5.32 Å². The number of nitrogens with zero attached hydrogens (tertiary/aromatic N) is 2. The SMILES string of the molecule is CC(C)NCc1ccc(CN2CCCN3CCCC3C2)o1. The Balaban J connectivity index is 1.53. The maximum atomic E-state index is 5.97. The molecule has 1 N–H and O–H groups in total. The second kappa shape index (κ2) is 6.95. The van der Waals surface area contributed by atoms with Crippen molar-refractivity contribution in [1.29, 1.82) is 0 Å². The zero-order valence-corrected chi connectivity index (χ0v) is 13.5. The van der Waals surface area contributed by atoms with Crippen molar-refractivity contribution in [3.63, 3.8) is 0 Å². The van der Waals surface area contributed by atoms with Gasteiger partial charge in [-0.05, 0) is 51.0 Å². The molecule has 0 bridgehead atoms. The Morgan fingerprint density at radius 2 is 2.00 bits per heavy atom. The number of fused-ring (bicyclic) bond motifs is 1. The molecule has 2 aliphatic rings. The standard InChI is InChI=1S/C17H29N3O/c1-14(2)18-11-16-6-7-17(21-16)13-19-8-4-10-20-9-3-5-15(20)12-19/h6-7,14-15,18H,3-5,8-13H2,1-2H3. The highest BCUT2D eigenvalue weighted by molar-refractivity contribution is 5.07. The molecule has 0 saturated carbocycles. The van der Waals surface area contributed by atoms with Crippen LogP contribution in [0.2, 0.25) is 0 Å². The number of rotatable bonds is 5. The van der Waals surface area contributed by atoms with Crippen molar-refractivity contribution < 1.29 is 4.42 Å². The molecular formula is C17H29N3O. The minimum atomic E-state index is 0.498. The Hall–Kier alpha value is -0.840. The third kappa shape index (κ3) is 4.09. The largest absolute Gasteiger partial charge is 0.463 e. The molecule has 2 saturated heterocycles. The zero-order valence-electron chi connectivity index (χ0n) is 13.5. The molecule has 21 heavy (non-hydrogen) atoms. The summed E-state index contributed by atoms with van der Waals surface area (Å²) in [6, 6.07) is 5.54. The van der Waals surface area contributed by atoms with Crippen molar-refractivity contribution in [1.82, 2.24) is 15.1 Å². The van der Waals surface area contributed by atoms with Crippen molar-refractivity contribution in [3.05, 3.63) is 23.7 Å². The molecule has 0 spiro atoms. The van der Waals surface area contributed by atoms with Gasteiger partial charge in [-0.15, -0.1) is 0 Å². The predicted octanol–water partition coefficient (Wildman–Crippen LogP) is 2.45. The Morgan fingerprint density at radius 3 is 2.86 bits per heavy atom. The average Bonchev–Trinajstić information content (AvgIpc) is 3.03. The second-order valence-electron chi connectivity index (χ2n) is 6.82. The summed E-state index contributed by atoms with van der Waals surface area (Å²) in [4.78, 5) is 5.26. The first kappa shape index (κ1) is 15.1. The predicted molar refractivity (Wildman–Crippen MR) is 85.2 cm³/mol. The molecule has 1 aromatic rings. The highest BCUT2D eigenvalue weighted by atomic mass is 16.3. The fourth-order valence-electron chi connectivity index (χ4n) is 3.55. The maximum Gasteiger partial charge on any atom is 0.118 e. The normalized spacial score (nSPS) is 24.4. The van der Waals surface area contributed by atoms with Crippen LogP contribution in [0, 0.1) is 0 Å². The molecule has 2 fully saturated rings. The van der Waals surface area contributed by atoms with Crippen LogP contribution in [-0.2, 0) is 13.1 Å². The van der Waals surface area contributed by atoms with E-state index in [1.165, 1.54) is 45.4 Å². The lowest BCUT2D eigenvalue weighted by atomic mass is 10.2. The van der Waals surface area contributed by atoms with Crippen LogP contribution in [0.15, 0.2) is 16.5 Å². The van der Waals surface area contributed by atoms with E-state index in [-0.39, 0.29) is 0 Å². The fourth-order valence-corrected chi connectivity index (χ4v) is 3.55. The number of hydrogen-bond donors (Lipinski definition) is 1. The molecule has 1 atom stereocenters. The van der Waals surface area contributed by atoms with E-state index < -0.39 is 0 Å². The molecule has 4 heteroatoms. The minimum absolute atomic E-state index is 0.498. The molecule has 0 radical (unpaired) electrons. The van der Waals surface area contributed by atoms with Crippen LogP contribution in [-0.4, -0.2) is 48.1 Å². The molecule has 3 heterocycles. The van der Waals surface area contributed by atoms with Crippen LogP contribution in [0.5, 0.6) is 0 Å². The summed E-state index contributed by atoms with van der Waals surface area (Å²) in [7, 11) is 0. The van der Waals surface area contributed by atoms with Gasteiger partial charge in [-0.2, -0.15) is 0 Å². The van der Waals surface area contributed by atoms with E-state index in [9.17, 15) is 0 Å². The summed E-state index contributed by atoms with van der Waals surface area (Å²) in [5.41, 5.74) is 0. The van der Waals surface area contributed by atoms with Gasteiger partial charge in [-0.3, -0.25) is 9.80 Å². The third-order valence-corrected chi connectivity index (χ3v) is 4.67. The Kier molecular flexibility index (Phi) is 4.99. The van der Waals surface area contributed by atoms with Crippen molar-refractivity contribution in [2.45, 2.75) is 58.3 Å². The van der Waals surface area contributed by atoms with Gasteiger partial charge >= 0.3 is 0 Å². The van der Waals surface area contributed by atoms with Gasteiger partial charge in [0.1, 0.15) is 11.5 Å².